The predicted octanol–water partition coefficient (Wildman–Crippen LogP) is 1.05. The Bertz CT molecular complexity index is 406. The monoisotopic (exact) mass is 263 g/mol. The summed E-state index contributed by atoms with van der Waals surface area (Å²) in [6.07, 6.45) is 0.768. The van der Waals surface area contributed by atoms with Crippen LogP contribution >= 0.6 is 0 Å². The number of hydrogen-bond donors (Lipinski definition) is 3. The standard InChI is InChI=1S/C14H21N3O2/c1-3-15-13(18)11(2)17-14(19)16-10-9-12-7-5-4-6-8-12/h4-8,11H,3,9-10H2,1-2H3,(H,15,18)(H2,16,17,19)/t11-/m1/s1. The number of urea groups is 1. The van der Waals surface area contributed by atoms with Crippen LogP contribution < -0.4 is 16.0 Å². The molecule has 0 unspecified atom stereocenters. The molecule has 1 atom stereocenters. The Morgan fingerprint density at radius 2 is 1.84 bits per heavy atom. The van der Waals surface area contributed by atoms with Crippen LogP contribution in [0, 0.1) is 0 Å². The van der Waals surface area contributed by atoms with Crippen molar-refractivity contribution in [3.63, 3.8) is 0 Å². The fourth-order valence-corrected chi connectivity index (χ4v) is 1.61. The highest BCUT2D eigenvalue weighted by molar-refractivity contribution is 5.86. The molecule has 0 bridgehead atoms. The molecule has 0 saturated carbocycles. The highest BCUT2D eigenvalue weighted by Crippen LogP contribution is 1.97. The number of nitrogens with one attached hydrogen (secondary N) is 3. The molecule has 0 spiro atoms. The van der Waals surface area contributed by atoms with E-state index < -0.39 is 6.04 Å². The molecule has 1 aromatic carbocycles. The lowest BCUT2D eigenvalue weighted by molar-refractivity contribution is -0.122. The summed E-state index contributed by atoms with van der Waals surface area (Å²) in [5.74, 6) is -0.180. The van der Waals surface area contributed by atoms with E-state index >= 15 is 0 Å². The van der Waals surface area contributed by atoms with Gasteiger partial charge in [-0.05, 0) is 25.8 Å². The van der Waals surface area contributed by atoms with Gasteiger partial charge in [-0.15, -0.1) is 0 Å². The van der Waals surface area contributed by atoms with Crippen LogP contribution in [0.4, 0.5) is 4.79 Å². The van der Waals surface area contributed by atoms with Gasteiger partial charge in [0, 0.05) is 13.1 Å². The van der Waals surface area contributed by atoms with Crippen LogP contribution in [0.15, 0.2) is 30.3 Å². The molecule has 5 heteroatoms. The first-order chi connectivity index (χ1) is 9.13. The van der Waals surface area contributed by atoms with Crippen LogP contribution in [0.5, 0.6) is 0 Å². The van der Waals surface area contributed by atoms with Crippen molar-refractivity contribution in [2.75, 3.05) is 13.1 Å². The Balaban J connectivity index is 2.23. The summed E-state index contributed by atoms with van der Waals surface area (Å²) in [7, 11) is 0. The van der Waals surface area contributed by atoms with Gasteiger partial charge in [-0.2, -0.15) is 0 Å². The Hall–Kier alpha value is -2.04. The highest BCUT2D eigenvalue weighted by atomic mass is 16.2. The van der Waals surface area contributed by atoms with Crippen LogP contribution in [0.1, 0.15) is 19.4 Å². The second-order valence-electron chi connectivity index (χ2n) is 4.25. The molecule has 0 fully saturated rings. The molecule has 3 amide bonds. The molecule has 0 heterocycles. The van der Waals surface area contributed by atoms with Gasteiger partial charge in [0.15, 0.2) is 0 Å². The van der Waals surface area contributed by atoms with Crippen molar-refractivity contribution < 1.29 is 9.59 Å². The number of rotatable bonds is 6. The van der Waals surface area contributed by atoms with Crippen molar-refractivity contribution in [1.29, 1.82) is 0 Å². The van der Waals surface area contributed by atoms with Crippen molar-refractivity contribution in [2.24, 2.45) is 0 Å². The molecule has 0 aliphatic carbocycles. The second kappa shape index (κ2) is 8.13. The number of hydrogen-bond acceptors (Lipinski definition) is 2. The average Bonchev–Trinajstić information content (AvgIpc) is 2.40. The van der Waals surface area contributed by atoms with E-state index in [4.69, 9.17) is 0 Å². The average molecular weight is 263 g/mol. The summed E-state index contributed by atoms with van der Waals surface area (Å²) in [6.45, 7) is 4.59. The van der Waals surface area contributed by atoms with Gasteiger partial charge < -0.3 is 16.0 Å². The van der Waals surface area contributed by atoms with Gasteiger partial charge in [-0.3, -0.25) is 4.79 Å². The lowest BCUT2D eigenvalue weighted by Crippen LogP contribution is -2.48. The van der Waals surface area contributed by atoms with Gasteiger partial charge in [0.25, 0.3) is 0 Å². The summed E-state index contributed by atoms with van der Waals surface area (Å²) in [4.78, 5) is 23.0. The van der Waals surface area contributed by atoms with Gasteiger partial charge in [-0.25, -0.2) is 4.79 Å². The first-order valence-electron chi connectivity index (χ1n) is 6.49. The van der Waals surface area contributed by atoms with E-state index in [2.05, 4.69) is 16.0 Å². The minimum atomic E-state index is -0.531. The normalized spacial score (nSPS) is 11.5. The maximum Gasteiger partial charge on any atom is 0.315 e. The minimum Gasteiger partial charge on any atom is -0.355 e. The van der Waals surface area contributed by atoms with Crippen molar-refractivity contribution in [2.45, 2.75) is 26.3 Å². The Kier molecular flexibility index (Phi) is 6.43. The molecule has 104 valence electrons. The Labute approximate surface area is 113 Å². The molecule has 0 aromatic heterocycles. The van der Waals surface area contributed by atoms with E-state index in [1.165, 1.54) is 5.56 Å². The minimum absolute atomic E-state index is 0.180. The molecule has 19 heavy (non-hydrogen) atoms. The van der Waals surface area contributed by atoms with Crippen molar-refractivity contribution >= 4 is 11.9 Å². The summed E-state index contributed by atoms with van der Waals surface area (Å²) < 4.78 is 0. The van der Waals surface area contributed by atoms with Crippen molar-refractivity contribution in [3.8, 4) is 0 Å². The molecule has 0 aliphatic rings. The van der Waals surface area contributed by atoms with E-state index in [9.17, 15) is 9.59 Å². The van der Waals surface area contributed by atoms with Crippen molar-refractivity contribution in [1.82, 2.24) is 16.0 Å². The zero-order valence-corrected chi connectivity index (χ0v) is 11.4. The highest BCUT2D eigenvalue weighted by Gasteiger charge is 2.13. The van der Waals surface area contributed by atoms with Gasteiger partial charge in [0.1, 0.15) is 6.04 Å². The zero-order chi connectivity index (χ0) is 14.1. The second-order valence-corrected chi connectivity index (χ2v) is 4.25. The van der Waals surface area contributed by atoms with Gasteiger partial charge in [0.2, 0.25) is 5.91 Å². The topological polar surface area (TPSA) is 70.2 Å². The third kappa shape index (κ3) is 5.90. The van der Waals surface area contributed by atoms with E-state index in [-0.39, 0.29) is 11.9 Å². The number of amides is 3. The van der Waals surface area contributed by atoms with Gasteiger partial charge in [0.05, 0.1) is 0 Å². The van der Waals surface area contributed by atoms with Gasteiger partial charge >= 0.3 is 6.03 Å². The molecule has 5 nitrogen and oxygen atoms in total. The zero-order valence-electron chi connectivity index (χ0n) is 11.4. The quantitative estimate of drug-likeness (QED) is 0.718. The maximum absolute atomic E-state index is 11.6. The fourth-order valence-electron chi connectivity index (χ4n) is 1.61. The first kappa shape index (κ1) is 15.0. The lowest BCUT2D eigenvalue weighted by Gasteiger charge is -2.14. The van der Waals surface area contributed by atoms with Crippen LogP contribution in [-0.4, -0.2) is 31.1 Å². The molecule has 3 N–H and O–H groups in total. The summed E-state index contributed by atoms with van der Waals surface area (Å²) in [6, 6.07) is 9.05. The number of carbonyl (C=O) groups is 2. The number of likely N-dealkylation sites (N-methyl/N-ethyl adjacent to an activating group) is 1. The molecule has 0 aliphatic heterocycles. The molecule has 1 rings (SSSR count). The van der Waals surface area contributed by atoms with Crippen LogP contribution in [-0.2, 0) is 11.2 Å². The maximum atomic E-state index is 11.6. The SMILES string of the molecule is CCNC(=O)[C@@H](C)NC(=O)NCCc1ccccc1. The number of benzene rings is 1. The Morgan fingerprint density at radius 3 is 2.47 bits per heavy atom. The smallest absolute Gasteiger partial charge is 0.315 e. The molecule has 0 saturated heterocycles. The lowest BCUT2D eigenvalue weighted by atomic mass is 10.1. The first-order valence-corrected chi connectivity index (χ1v) is 6.49. The predicted molar refractivity (Wildman–Crippen MR) is 74.8 cm³/mol. The molecular weight excluding hydrogens is 242 g/mol. The van der Waals surface area contributed by atoms with Gasteiger partial charge in [-0.1, -0.05) is 30.3 Å². The largest absolute Gasteiger partial charge is 0.355 e. The third-order valence-corrected chi connectivity index (χ3v) is 2.63. The summed E-state index contributed by atoms with van der Waals surface area (Å²) >= 11 is 0. The van der Waals surface area contributed by atoms with E-state index in [1.807, 2.05) is 37.3 Å². The van der Waals surface area contributed by atoms with Crippen LogP contribution in [0.3, 0.4) is 0 Å². The molecule has 0 radical (unpaired) electrons. The summed E-state index contributed by atoms with van der Waals surface area (Å²) in [5, 5.41) is 7.97. The number of carbonyl (C=O) groups excluding carboxylic acids is 2. The molecular formula is C14H21N3O2. The Morgan fingerprint density at radius 1 is 1.16 bits per heavy atom. The summed E-state index contributed by atoms with van der Waals surface area (Å²) in [5.41, 5.74) is 1.17. The van der Waals surface area contributed by atoms with Crippen molar-refractivity contribution in [3.05, 3.63) is 35.9 Å². The third-order valence-electron chi connectivity index (χ3n) is 2.63. The van der Waals surface area contributed by atoms with Crippen LogP contribution in [0.2, 0.25) is 0 Å². The molecule has 1 aromatic rings. The van der Waals surface area contributed by atoms with E-state index in [0.717, 1.165) is 6.42 Å². The van der Waals surface area contributed by atoms with E-state index in [1.54, 1.807) is 6.92 Å². The fraction of sp³-hybridized carbons (Fsp3) is 0.429. The van der Waals surface area contributed by atoms with E-state index in [0.29, 0.717) is 13.1 Å². The van der Waals surface area contributed by atoms with Crippen LogP contribution in [0.25, 0.3) is 0 Å².